The second-order valence-corrected chi connectivity index (χ2v) is 6.16. The summed E-state index contributed by atoms with van der Waals surface area (Å²) in [7, 11) is 0. The number of hydrogen-bond donors (Lipinski definition) is 0. The Morgan fingerprint density at radius 1 is 1.00 bits per heavy atom. The van der Waals surface area contributed by atoms with Gasteiger partial charge in [-0.2, -0.15) is 26.3 Å². The van der Waals surface area contributed by atoms with Crippen LogP contribution in [-0.4, -0.2) is 22.7 Å². The van der Waals surface area contributed by atoms with Crippen molar-refractivity contribution in [3.05, 3.63) is 23.8 Å². The molecule has 1 aromatic carbocycles. The molecule has 0 atom stereocenters. The Morgan fingerprint density at radius 2 is 1.43 bits per heavy atom. The van der Waals surface area contributed by atoms with Gasteiger partial charge in [-0.25, -0.2) is 0 Å². The molecular formula is C11H7ClF6OS2. The molecule has 0 saturated carbocycles. The number of hydrogen-bond acceptors (Lipinski definition) is 3. The quantitative estimate of drug-likeness (QED) is 0.401. The highest BCUT2D eigenvalue weighted by Gasteiger charge is 2.34. The zero-order valence-electron chi connectivity index (χ0n) is 10.0. The van der Waals surface area contributed by atoms with Gasteiger partial charge in [0.25, 0.3) is 0 Å². The van der Waals surface area contributed by atoms with Gasteiger partial charge >= 0.3 is 11.0 Å². The second-order valence-electron chi connectivity index (χ2n) is 3.68. The maximum atomic E-state index is 12.4. The number of carbonyl (C=O) groups is 1. The highest BCUT2D eigenvalue weighted by Crippen LogP contribution is 2.44. The molecule has 0 unspecified atom stereocenters. The number of carbonyl (C=O) groups excluding carboxylic acids is 1. The highest BCUT2D eigenvalue weighted by atomic mass is 35.5. The fraction of sp³-hybridized carbons (Fsp3) is 0.364. The topological polar surface area (TPSA) is 17.1 Å². The summed E-state index contributed by atoms with van der Waals surface area (Å²) in [6, 6.07) is 3.13. The van der Waals surface area contributed by atoms with Crippen molar-refractivity contribution in [2.24, 2.45) is 0 Å². The van der Waals surface area contributed by atoms with Gasteiger partial charge in [-0.1, -0.05) is 6.07 Å². The standard InChI is InChI=1S/C11H7ClF6OS2/c12-5-6(19)4-7-8(20-10(13,14)15)2-1-3-9(7)21-11(16,17)18/h1-3H,4-5H2. The lowest BCUT2D eigenvalue weighted by atomic mass is 10.1. The molecule has 0 spiro atoms. The van der Waals surface area contributed by atoms with Crippen molar-refractivity contribution in [3.8, 4) is 0 Å². The molecular weight excluding hydrogens is 362 g/mol. The second kappa shape index (κ2) is 7.15. The zero-order chi connectivity index (χ0) is 16.3. The zero-order valence-corrected chi connectivity index (χ0v) is 12.4. The first-order valence-electron chi connectivity index (χ1n) is 5.23. The van der Waals surface area contributed by atoms with E-state index in [2.05, 4.69) is 0 Å². The molecule has 0 amide bonds. The third kappa shape index (κ3) is 6.84. The minimum Gasteiger partial charge on any atom is -0.298 e. The predicted octanol–water partition coefficient (Wildman–Crippen LogP) is 5.26. The van der Waals surface area contributed by atoms with Crippen molar-refractivity contribution in [1.82, 2.24) is 0 Å². The van der Waals surface area contributed by atoms with E-state index in [1.165, 1.54) is 0 Å². The lowest BCUT2D eigenvalue weighted by molar-refractivity contribution is -0.116. The molecule has 10 heteroatoms. The first-order chi connectivity index (χ1) is 9.52. The third-order valence-corrected chi connectivity index (χ3v) is 4.03. The smallest absolute Gasteiger partial charge is 0.298 e. The van der Waals surface area contributed by atoms with Gasteiger partial charge in [-0.3, -0.25) is 4.79 Å². The van der Waals surface area contributed by atoms with Crippen LogP contribution in [0.3, 0.4) is 0 Å². The maximum Gasteiger partial charge on any atom is 0.446 e. The van der Waals surface area contributed by atoms with Gasteiger partial charge in [0, 0.05) is 16.2 Å². The van der Waals surface area contributed by atoms with Gasteiger partial charge in [-0.05, 0) is 41.2 Å². The molecule has 0 aliphatic carbocycles. The van der Waals surface area contributed by atoms with Crippen LogP contribution in [0.5, 0.6) is 0 Å². The van der Waals surface area contributed by atoms with Crippen LogP contribution in [0.2, 0.25) is 0 Å². The van der Waals surface area contributed by atoms with Crippen LogP contribution in [0.1, 0.15) is 5.56 Å². The number of benzene rings is 1. The Kier molecular flexibility index (Phi) is 6.30. The molecule has 0 fully saturated rings. The highest BCUT2D eigenvalue weighted by molar-refractivity contribution is 8.01. The van der Waals surface area contributed by atoms with E-state index < -0.39 is 62.4 Å². The molecule has 1 rings (SSSR count). The molecule has 0 radical (unpaired) electrons. The van der Waals surface area contributed by atoms with Crippen molar-refractivity contribution in [2.75, 3.05) is 5.88 Å². The van der Waals surface area contributed by atoms with Crippen molar-refractivity contribution >= 4 is 40.9 Å². The SMILES string of the molecule is O=C(CCl)Cc1c(SC(F)(F)F)cccc1SC(F)(F)F. The van der Waals surface area contributed by atoms with Crippen LogP contribution in [0.4, 0.5) is 26.3 Å². The van der Waals surface area contributed by atoms with E-state index in [0.29, 0.717) is 0 Å². The number of rotatable bonds is 5. The summed E-state index contributed by atoms with van der Waals surface area (Å²) >= 11 is 4.15. The molecule has 118 valence electrons. The van der Waals surface area contributed by atoms with E-state index in [-0.39, 0.29) is 5.56 Å². The van der Waals surface area contributed by atoms with Gasteiger partial charge in [0.05, 0.1) is 5.88 Å². The Labute approximate surface area is 129 Å². The van der Waals surface area contributed by atoms with Crippen molar-refractivity contribution in [3.63, 3.8) is 0 Å². The monoisotopic (exact) mass is 368 g/mol. The maximum absolute atomic E-state index is 12.4. The average molecular weight is 369 g/mol. The summed E-state index contributed by atoms with van der Waals surface area (Å²) in [6.07, 6.45) is -0.582. The molecule has 1 nitrogen and oxygen atoms in total. The molecule has 0 aliphatic rings. The lowest BCUT2D eigenvalue weighted by Crippen LogP contribution is -2.10. The number of halogens is 7. The Bertz CT molecular complexity index is 480. The van der Waals surface area contributed by atoms with Gasteiger partial charge in [0.2, 0.25) is 0 Å². The van der Waals surface area contributed by atoms with E-state index in [9.17, 15) is 31.1 Å². The molecule has 0 aliphatic heterocycles. The van der Waals surface area contributed by atoms with Gasteiger partial charge < -0.3 is 0 Å². The summed E-state index contributed by atoms with van der Waals surface area (Å²) < 4.78 is 74.6. The van der Waals surface area contributed by atoms with E-state index >= 15 is 0 Å². The molecule has 1 aromatic rings. The van der Waals surface area contributed by atoms with Crippen molar-refractivity contribution in [1.29, 1.82) is 0 Å². The van der Waals surface area contributed by atoms with Crippen LogP contribution in [-0.2, 0) is 11.2 Å². The van der Waals surface area contributed by atoms with Gasteiger partial charge in [0.1, 0.15) is 0 Å². The lowest BCUT2D eigenvalue weighted by Gasteiger charge is -2.15. The normalized spacial score (nSPS) is 12.5. The van der Waals surface area contributed by atoms with E-state index in [4.69, 9.17) is 11.6 Å². The minimum absolute atomic E-state index is 0.312. The van der Waals surface area contributed by atoms with Crippen molar-refractivity contribution < 1.29 is 31.1 Å². The number of ketones is 1. The number of alkyl halides is 7. The first kappa shape index (κ1) is 18.5. The number of Topliss-reactive ketones (excluding diaryl/α,β-unsaturated/α-hetero) is 1. The van der Waals surface area contributed by atoms with Crippen molar-refractivity contribution in [2.45, 2.75) is 27.2 Å². The molecule has 0 aromatic heterocycles. The molecule has 0 bridgehead atoms. The van der Waals surface area contributed by atoms with Crippen LogP contribution >= 0.6 is 35.1 Å². The minimum atomic E-state index is -4.67. The van der Waals surface area contributed by atoms with E-state index in [0.717, 1.165) is 18.2 Å². The Balaban J connectivity index is 3.23. The molecule has 21 heavy (non-hydrogen) atoms. The molecule has 0 heterocycles. The van der Waals surface area contributed by atoms with E-state index in [1.807, 2.05) is 0 Å². The Hall–Kier alpha value is -0.540. The first-order valence-corrected chi connectivity index (χ1v) is 7.39. The summed E-state index contributed by atoms with van der Waals surface area (Å²) in [5.41, 5.74) is -9.64. The summed E-state index contributed by atoms with van der Waals surface area (Å²) in [4.78, 5) is 10.4. The van der Waals surface area contributed by atoms with Crippen LogP contribution in [0, 0.1) is 0 Å². The third-order valence-electron chi connectivity index (χ3n) is 2.06. The van der Waals surface area contributed by atoms with Crippen LogP contribution < -0.4 is 0 Å². The molecule has 0 saturated heterocycles. The Morgan fingerprint density at radius 3 is 1.76 bits per heavy atom. The summed E-state index contributed by atoms with van der Waals surface area (Å²) in [5.74, 6) is -1.14. The number of thioether (sulfide) groups is 2. The largest absolute Gasteiger partial charge is 0.446 e. The summed E-state index contributed by atoms with van der Waals surface area (Å²) in [5, 5.41) is 0. The van der Waals surface area contributed by atoms with E-state index in [1.54, 1.807) is 0 Å². The van der Waals surface area contributed by atoms with Gasteiger partial charge in [-0.15, -0.1) is 11.6 Å². The van der Waals surface area contributed by atoms with Crippen LogP contribution in [0.25, 0.3) is 0 Å². The predicted molar refractivity (Wildman–Crippen MR) is 69.7 cm³/mol. The molecule has 0 N–H and O–H groups in total. The fourth-order valence-corrected chi connectivity index (χ4v) is 2.97. The fourth-order valence-electron chi connectivity index (χ4n) is 1.40. The van der Waals surface area contributed by atoms with Gasteiger partial charge in [0.15, 0.2) is 5.78 Å². The van der Waals surface area contributed by atoms with Crippen LogP contribution in [0.15, 0.2) is 28.0 Å². The average Bonchev–Trinajstić information content (AvgIpc) is 2.29. The summed E-state index contributed by atoms with van der Waals surface area (Å²) in [6.45, 7) is 0.